The summed E-state index contributed by atoms with van der Waals surface area (Å²) in [5, 5.41) is 22.9. The third-order valence-electron chi connectivity index (χ3n) is 2.19. The lowest BCUT2D eigenvalue weighted by Crippen LogP contribution is -2.29. The molecule has 0 bridgehead atoms. The van der Waals surface area contributed by atoms with Gasteiger partial charge in [-0.2, -0.15) is 0 Å². The number of hydrogen-bond donors (Lipinski definition) is 2. The fourth-order valence-corrected chi connectivity index (χ4v) is 1.47. The molecule has 0 aliphatic carbocycles. The highest BCUT2D eigenvalue weighted by atomic mass is 35.5. The second-order valence-electron chi connectivity index (χ2n) is 3.46. The Balaban J connectivity index is 2.88. The van der Waals surface area contributed by atoms with E-state index in [1.54, 1.807) is 19.1 Å². The van der Waals surface area contributed by atoms with Crippen LogP contribution in [0.5, 0.6) is 0 Å². The van der Waals surface area contributed by atoms with Crippen LogP contribution in [0.2, 0.25) is 5.02 Å². The molecule has 0 saturated heterocycles. The second kappa shape index (κ2) is 5.79. The van der Waals surface area contributed by atoms with Gasteiger partial charge in [-0.3, -0.25) is 10.1 Å². The lowest BCUT2D eigenvalue weighted by Gasteiger charge is -2.11. The first-order valence-electron chi connectivity index (χ1n) is 4.82. The fourth-order valence-electron chi connectivity index (χ4n) is 1.23. The minimum absolute atomic E-state index is 0.00913. The SMILES string of the molecule is CC(CO)NCc1c(Cl)cccc1[N+](=O)[O-]. The number of halogens is 1. The summed E-state index contributed by atoms with van der Waals surface area (Å²) < 4.78 is 0. The van der Waals surface area contributed by atoms with Crippen molar-refractivity contribution in [2.45, 2.75) is 19.5 Å². The Bertz CT molecular complexity index is 384. The van der Waals surface area contributed by atoms with Crippen LogP contribution in [0.4, 0.5) is 5.69 Å². The van der Waals surface area contributed by atoms with Crippen molar-refractivity contribution in [1.82, 2.24) is 5.32 Å². The Labute approximate surface area is 98.2 Å². The molecule has 2 N–H and O–H groups in total. The molecule has 1 unspecified atom stereocenters. The van der Waals surface area contributed by atoms with Gasteiger partial charge in [0.15, 0.2) is 0 Å². The Morgan fingerprint density at radius 2 is 2.31 bits per heavy atom. The molecule has 0 radical (unpaired) electrons. The van der Waals surface area contributed by atoms with Gasteiger partial charge in [0, 0.05) is 18.7 Å². The molecule has 16 heavy (non-hydrogen) atoms. The van der Waals surface area contributed by atoms with Gasteiger partial charge in [0.2, 0.25) is 0 Å². The molecule has 0 aliphatic heterocycles. The molecule has 0 aromatic heterocycles. The van der Waals surface area contributed by atoms with E-state index in [9.17, 15) is 10.1 Å². The van der Waals surface area contributed by atoms with Gasteiger partial charge in [-0.15, -0.1) is 0 Å². The molecular formula is C10H13ClN2O3. The summed E-state index contributed by atoms with van der Waals surface area (Å²) in [5.41, 5.74) is 0.430. The van der Waals surface area contributed by atoms with Crippen LogP contribution in [-0.4, -0.2) is 22.7 Å². The molecule has 1 aromatic rings. The van der Waals surface area contributed by atoms with E-state index in [0.717, 1.165) is 0 Å². The normalized spacial score (nSPS) is 12.4. The number of nitro benzene ring substituents is 1. The van der Waals surface area contributed by atoms with E-state index in [1.807, 2.05) is 0 Å². The highest BCUT2D eigenvalue weighted by Gasteiger charge is 2.16. The van der Waals surface area contributed by atoms with Crippen LogP contribution in [0.1, 0.15) is 12.5 Å². The monoisotopic (exact) mass is 244 g/mol. The maximum absolute atomic E-state index is 10.8. The van der Waals surface area contributed by atoms with Gasteiger partial charge >= 0.3 is 0 Å². The zero-order valence-corrected chi connectivity index (χ0v) is 9.57. The van der Waals surface area contributed by atoms with Gasteiger partial charge in [0.05, 0.1) is 22.1 Å². The largest absolute Gasteiger partial charge is 0.395 e. The van der Waals surface area contributed by atoms with Gasteiger partial charge in [-0.05, 0) is 13.0 Å². The fraction of sp³-hybridized carbons (Fsp3) is 0.400. The van der Waals surface area contributed by atoms with E-state index in [2.05, 4.69) is 5.32 Å². The predicted molar refractivity (Wildman–Crippen MR) is 61.5 cm³/mol. The molecule has 0 aliphatic rings. The molecule has 0 heterocycles. The Morgan fingerprint density at radius 3 is 2.88 bits per heavy atom. The van der Waals surface area contributed by atoms with Gasteiger partial charge in [0.1, 0.15) is 0 Å². The zero-order valence-electron chi connectivity index (χ0n) is 8.81. The van der Waals surface area contributed by atoms with Crippen molar-refractivity contribution in [3.63, 3.8) is 0 Å². The molecule has 6 heteroatoms. The first kappa shape index (κ1) is 12.9. The van der Waals surface area contributed by atoms with Gasteiger partial charge in [-0.1, -0.05) is 17.7 Å². The lowest BCUT2D eigenvalue weighted by molar-refractivity contribution is -0.385. The minimum atomic E-state index is -0.466. The Hall–Kier alpha value is -1.17. The lowest BCUT2D eigenvalue weighted by atomic mass is 10.1. The van der Waals surface area contributed by atoms with Crippen molar-refractivity contribution in [2.24, 2.45) is 0 Å². The van der Waals surface area contributed by atoms with Crippen LogP contribution in [0, 0.1) is 10.1 Å². The van der Waals surface area contributed by atoms with Gasteiger partial charge in [0.25, 0.3) is 5.69 Å². The van der Waals surface area contributed by atoms with Crippen molar-refractivity contribution in [2.75, 3.05) is 6.61 Å². The van der Waals surface area contributed by atoms with Crippen molar-refractivity contribution in [1.29, 1.82) is 0 Å². The zero-order chi connectivity index (χ0) is 12.1. The summed E-state index contributed by atoms with van der Waals surface area (Å²) in [6, 6.07) is 4.43. The topological polar surface area (TPSA) is 75.4 Å². The number of rotatable bonds is 5. The molecule has 1 atom stereocenters. The third kappa shape index (κ3) is 3.16. The standard InChI is InChI=1S/C10H13ClN2O3/c1-7(6-14)12-5-8-9(11)3-2-4-10(8)13(15)16/h2-4,7,12,14H,5-6H2,1H3. The van der Waals surface area contributed by atoms with Crippen molar-refractivity contribution in [3.8, 4) is 0 Å². The predicted octanol–water partition coefficient (Wildman–Crippen LogP) is 1.72. The van der Waals surface area contributed by atoms with Crippen molar-refractivity contribution >= 4 is 17.3 Å². The Kier molecular flexibility index (Phi) is 4.67. The number of nitrogens with one attached hydrogen (secondary N) is 1. The van der Waals surface area contributed by atoms with E-state index in [4.69, 9.17) is 16.7 Å². The summed E-state index contributed by atoms with van der Waals surface area (Å²) in [4.78, 5) is 10.3. The number of hydrogen-bond acceptors (Lipinski definition) is 4. The minimum Gasteiger partial charge on any atom is -0.395 e. The van der Waals surface area contributed by atoms with Crippen LogP contribution in [-0.2, 0) is 6.54 Å². The molecule has 0 fully saturated rings. The van der Waals surface area contributed by atoms with Crippen LogP contribution in [0.3, 0.4) is 0 Å². The molecule has 5 nitrogen and oxygen atoms in total. The van der Waals surface area contributed by atoms with Crippen LogP contribution < -0.4 is 5.32 Å². The average molecular weight is 245 g/mol. The maximum atomic E-state index is 10.8. The highest BCUT2D eigenvalue weighted by molar-refractivity contribution is 6.31. The summed E-state index contributed by atoms with van der Waals surface area (Å²) >= 11 is 5.89. The number of aliphatic hydroxyl groups is 1. The quantitative estimate of drug-likeness (QED) is 0.611. The van der Waals surface area contributed by atoms with E-state index >= 15 is 0 Å². The van der Waals surface area contributed by atoms with Gasteiger partial charge < -0.3 is 10.4 Å². The van der Waals surface area contributed by atoms with E-state index in [1.165, 1.54) is 6.07 Å². The summed E-state index contributed by atoms with van der Waals surface area (Å²) in [5.74, 6) is 0. The molecule has 0 spiro atoms. The van der Waals surface area contributed by atoms with Gasteiger partial charge in [-0.25, -0.2) is 0 Å². The summed E-state index contributed by atoms with van der Waals surface area (Å²) in [7, 11) is 0. The number of benzene rings is 1. The number of nitro groups is 1. The number of nitrogens with zero attached hydrogens (tertiary/aromatic N) is 1. The number of aliphatic hydroxyl groups excluding tert-OH is 1. The van der Waals surface area contributed by atoms with Crippen LogP contribution in [0.25, 0.3) is 0 Å². The molecule has 1 aromatic carbocycles. The second-order valence-corrected chi connectivity index (χ2v) is 3.87. The first-order chi connectivity index (χ1) is 7.56. The molecule has 88 valence electrons. The van der Waals surface area contributed by atoms with Crippen molar-refractivity contribution in [3.05, 3.63) is 38.9 Å². The summed E-state index contributed by atoms with van der Waals surface area (Å²) in [6.45, 7) is 2.01. The van der Waals surface area contributed by atoms with E-state index in [0.29, 0.717) is 10.6 Å². The Morgan fingerprint density at radius 1 is 1.62 bits per heavy atom. The van der Waals surface area contributed by atoms with E-state index < -0.39 is 4.92 Å². The summed E-state index contributed by atoms with van der Waals surface area (Å²) in [6.07, 6.45) is 0. The first-order valence-corrected chi connectivity index (χ1v) is 5.20. The average Bonchev–Trinajstić information content (AvgIpc) is 2.26. The van der Waals surface area contributed by atoms with Crippen molar-refractivity contribution < 1.29 is 10.0 Å². The molecule has 0 saturated carbocycles. The molecule has 0 amide bonds. The van der Waals surface area contributed by atoms with Crippen LogP contribution in [0.15, 0.2) is 18.2 Å². The third-order valence-corrected chi connectivity index (χ3v) is 2.55. The molecule has 1 rings (SSSR count). The molecular weight excluding hydrogens is 232 g/mol. The maximum Gasteiger partial charge on any atom is 0.275 e. The smallest absolute Gasteiger partial charge is 0.275 e. The highest BCUT2D eigenvalue weighted by Crippen LogP contribution is 2.25. The van der Waals surface area contributed by atoms with E-state index in [-0.39, 0.29) is 24.9 Å². The van der Waals surface area contributed by atoms with Crippen LogP contribution >= 0.6 is 11.6 Å².